The molecule has 2 N–H and O–H groups in total. The molecule has 42 heavy (non-hydrogen) atoms. The normalized spacial score (nSPS) is 17.0. The third-order valence-electron chi connectivity index (χ3n) is 7.56. The smallest absolute Gasteiger partial charge is 0.253 e. The van der Waals surface area contributed by atoms with Gasteiger partial charge in [0.1, 0.15) is 0 Å². The molecule has 1 aromatic carbocycles. The number of allylic oxidation sites excluding steroid dienone is 6. The second kappa shape index (κ2) is 12.6. The molecule has 2 amide bonds. The third-order valence-corrected chi connectivity index (χ3v) is 9.35. The molecule has 8 nitrogen and oxygen atoms in total. The topological polar surface area (TPSA) is 110 Å². The van der Waals surface area contributed by atoms with E-state index in [2.05, 4.69) is 59.8 Å². The van der Waals surface area contributed by atoms with E-state index in [4.69, 9.17) is 0 Å². The number of carbonyl (C=O) groups is 2. The Morgan fingerprint density at radius 2 is 1.83 bits per heavy atom. The summed E-state index contributed by atoms with van der Waals surface area (Å²) in [5.41, 5.74) is 8.30. The lowest BCUT2D eigenvalue weighted by Crippen LogP contribution is -2.33. The van der Waals surface area contributed by atoms with E-state index in [1.165, 1.54) is 32.7 Å². The first-order chi connectivity index (χ1) is 20.1. The number of carbonyl (C=O) groups excluding carboxylic acids is 2. The van der Waals surface area contributed by atoms with Crippen LogP contribution < -0.4 is 10.6 Å². The molecule has 0 saturated carbocycles. The van der Waals surface area contributed by atoms with Crippen molar-refractivity contribution in [1.29, 1.82) is 0 Å². The van der Waals surface area contributed by atoms with Crippen LogP contribution >= 0.6 is 11.3 Å². The molecule has 5 rings (SSSR count). The van der Waals surface area contributed by atoms with E-state index in [0.29, 0.717) is 29.2 Å². The maximum Gasteiger partial charge on any atom is 0.253 e. The van der Waals surface area contributed by atoms with Crippen LogP contribution in [-0.2, 0) is 27.7 Å². The standard InChI is InChI=1S/C32H36N4O4S2/c1-21-9-4-5-10-22(2)16-25(15-21)23-11-8-12-24(17-23)28-20-41-32(34-28)35-30(37)18-33-31(38)27-19-36(42(3,39)40)29-14-7-6-13-26(27)29/h8-9,11-12,15-17,19-20H,4-7,10,13-14,18H2,1-3H3,(H,33,38)(H,34,35,37)/b21-9?,22-16+,25-15?. The highest BCUT2D eigenvalue weighted by molar-refractivity contribution is 7.89. The molecule has 0 aliphatic heterocycles. The van der Waals surface area contributed by atoms with Crippen molar-refractivity contribution < 1.29 is 18.0 Å². The molecular formula is C32H36N4O4S2. The van der Waals surface area contributed by atoms with Crippen molar-refractivity contribution in [2.75, 3.05) is 18.1 Å². The van der Waals surface area contributed by atoms with E-state index in [1.807, 2.05) is 17.5 Å². The second-order valence-electron chi connectivity index (χ2n) is 11.0. The fraction of sp³-hybridized carbons (Fsp3) is 0.344. The Hall–Kier alpha value is -3.76. The molecule has 0 unspecified atom stereocenters. The van der Waals surface area contributed by atoms with Crippen molar-refractivity contribution >= 4 is 43.9 Å². The van der Waals surface area contributed by atoms with Crippen LogP contribution in [0.25, 0.3) is 16.8 Å². The third kappa shape index (κ3) is 6.99. The van der Waals surface area contributed by atoms with E-state index in [0.717, 1.165) is 66.3 Å². The molecular weight excluding hydrogens is 569 g/mol. The molecule has 0 spiro atoms. The van der Waals surface area contributed by atoms with Gasteiger partial charge >= 0.3 is 0 Å². The lowest BCUT2D eigenvalue weighted by atomic mass is 9.95. The molecule has 220 valence electrons. The summed E-state index contributed by atoms with van der Waals surface area (Å²) in [7, 11) is -3.53. The SMILES string of the molecule is CC1=CCCC/C(C)=C/C(c2cccc(-c3csc(NC(=O)CNC(=O)c4cn(S(C)(=O)=O)c5c4CCCC5)n3)c2)=C1. The van der Waals surface area contributed by atoms with Crippen LogP contribution in [0.4, 0.5) is 5.13 Å². The lowest BCUT2D eigenvalue weighted by molar-refractivity contribution is -0.115. The number of amides is 2. The molecule has 0 fully saturated rings. The molecule has 0 radical (unpaired) electrons. The van der Waals surface area contributed by atoms with Gasteiger partial charge in [0.15, 0.2) is 5.13 Å². The molecule has 10 heteroatoms. The molecule has 2 aliphatic rings. The molecule has 2 aliphatic carbocycles. The molecule has 2 heterocycles. The lowest BCUT2D eigenvalue weighted by Gasteiger charge is -2.15. The number of fused-ring (bicyclic) bond motifs is 1. The van der Waals surface area contributed by atoms with E-state index in [1.54, 1.807) is 0 Å². The number of benzene rings is 1. The fourth-order valence-corrected chi connectivity index (χ4v) is 7.12. The van der Waals surface area contributed by atoms with Crippen LogP contribution in [-0.4, -0.2) is 42.0 Å². The highest BCUT2D eigenvalue weighted by Crippen LogP contribution is 2.30. The maximum absolute atomic E-state index is 12.9. The first-order valence-electron chi connectivity index (χ1n) is 14.2. The molecule has 3 aromatic rings. The summed E-state index contributed by atoms with van der Waals surface area (Å²) in [6.07, 6.45) is 15.6. The Balaban J connectivity index is 1.25. The van der Waals surface area contributed by atoms with Crippen molar-refractivity contribution in [2.45, 2.75) is 58.8 Å². The minimum absolute atomic E-state index is 0.255. The minimum atomic E-state index is -3.53. The largest absolute Gasteiger partial charge is 0.343 e. The fourth-order valence-electron chi connectivity index (χ4n) is 5.49. The van der Waals surface area contributed by atoms with E-state index in [-0.39, 0.29) is 6.54 Å². The Bertz CT molecular complexity index is 1720. The Labute approximate surface area is 251 Å². The second-order valence-corrected chi connectivity index (χ2v) is 13.7. The highest BCUT2D eigenvalue weighted by Gasteiger charge is 2.26. The van der Waals surface area contributed by atoms with Gasteiger partial charge in [-0.3, -0.25) is 9.59 Å². The van der Waals surface area contributed by atoms with Crippen molar-refractivity contribution in [3.8, 4) is 11.3 Å². The molecule has 0 bridgehead atoms. The van der Waals surface area contributed by atoms with E-state index in [9.17, 15) is 18.0 Å². The molecule has 2 aromatic heterocycles. The van der Waals surface area contributed by atoms with Gasteiger partial charge in [0.05, 0.1) is 24.1 Å². The summed E-state index contributed by atoms with van der Waals surface area (Å²) in [6.45, 7) is 4.06. The van der Waals surface area contributed by atoms with Crippen LogP contribution in [0.3, 0.4) is 0 Å². The quantitative estimate of drug-likeness (QED) is 0.337. The van der Waals surface area contributed by atoms with Crippen LogP contribution in [0.1, 0.15) is 73.1 Å². The number of hydrogen-bond acceptors (Lipinski definition) is 6. The number of hydrogen-bond donors (Lipinski definition) is 2. The predicted octanol–water partition coefficient (Wildman–Crippen LogP) is 6.13. The molecule has 0 atom stereocenters. The summed E-state index contributed by atoms with van der Waals surface area (Å²) < 4.78 is 25.7. The van der Waals surface area contributed by atoms with Gasteiger partial charge in [-0.25, -0.2) is 17.4 Å². The van der Waals surface area contributed by atoms with Crippen molar-refractivity contribution in [1.82, 2.24) is 14.3 Å². The molecule has 0 saturated heterocycles. The van der Waals surface area contributed by atoms with Crippen LogP contribution in [0, 0.1) is 0 Å². The van der Waals surface area contributed by atoms with Gasteiger partial charge in [-0.05, 0) is 81.6 Å². The maximum atomic E-state index is 12.9. The van der Waals surface area contributed by atoms with Gasteiger partial charge in [-0.15, -0.1) is 11.3 Å². The average molecular weight is 605 g/mol. The zero-order valence-corrected chi connectivity index (χ0v) is 25.8. The van der Waals surface area contributed by atoms with Gasteiger partial charge in [0.2, 0.25) is 15.9 Å². The minimum Gasteiger partial charge on any atom is -0.343 e. The average Bonchev–Trinajstić information content (AvgIpc) is 3.60. The Morgan fingerprint density at radius 3 is 2.64 bits per heavy atom. The number of thiazole rings is 1. The van der Waals surface area contributed by atoms with Gasteiger partial charge < -0.3 is 10.6 Å². The van der Waals surface area contributed by atoms with Gasteiger partial charge in [0.25, 0.3) is 5.91 Å². The number of anilines is 1. The zero-order valence-electron chi connectivity index (χ0n) is 24.2. The summed E-state index contributed by atoms with van der Waals surface area (Å²) in [5.74, 6) is -0.871. The number of nitrogens with zero attached hydrogens (tertiary/aromatic N) is 2. The number of nitrogens with one attached hydrogen (secondary N) is 2. The van der Waals surface area contributed by atoms with E-state index >= 15 is 0 Å². The van der Waals surface area contributed by atoms with Crippen molar-refractivity contribution in [3.63, 3.8) is 0 Å². The van der Waals surface area contributed by atoms with E-state index < -0.39 is 21.8 Å². The summed E-state index contributed by atoms with van der Waals surface area (Å²) in [5, 5.41) is 7.74. The Morgan fingerprint density at radius 1 is 1.05 bits per heavy atom. The van der Waals surface area contributed by atoms with Crippen molar-refractivity contribution in [2.24, 2.45) is 0 Å². The van der Waals surface area contributed by atoms with Crippen LogP contribution in [0.2, 0.25) is 0 Å². The van der Waals surface area contributed by atoms with Gasteiger partial charge in [-0.2, -0.15) is 0 Å². The summed E-state index contributed by atoms with van der Waals surface area (Å²) in [4.78, 5) is 30.2. The van der Waals surface area contributed by atoms with Crippen LogP contribution in [0.15, 0.2) is 65.2 Å². The zero-order chi connectivity index (χ0) is 29.9. The summed E-state index contributed by atoms with van der Waals surface area (Å²) >= 11 is 1.32. The Kier molecular flexibility index (Phi) is 8.93. The van der Waals surface area contributed by atoms with Gasteiger partial charge in [-0.1, -0.05) is 47.6 Å². The van der Waals surface area contributed by atoms with Crippen molar-refractivity contribution in [3.05, 3.63) is 87.6 Å². The summed E-state index contributed by atoms with van der Waals surface area (Å²) in [6, 6.07) is 8.24. The number of rotatable bonds is 7. The monoisotopic (exact) mass is 604 g/mol. The first-order valence-corrected chi connectivity index (χ1v) is 16.9. The number of aromatic nitrogens is 2. The van der Waals surface area contributed by atoms with Crippen LogP contribution in [0.5, 0.6) is 0 Å². The van der Waals surface area contributed by atoms with Gasteiger partial charge in [0, 0.05) is 22.8 Å². The predicted molar refractivity (Wildman–Crippen MR) is 169 cm³/mol. The first kappa shape index (κ1) is 29.7. The highest BCUT2D eigenvalue weighted by atomic mass is 32.2.